The van der Waals surface area contributed by atoms with E-state index in [-0.39, 0.29) is 18.0 Å². The molecule has 0 aliphatic carbocycles. The highest BCUT2D eigenvalue weighted by atomic mass is 16.7. The first-order chi connectivity index (χ1) is 13.6. The molecule has 0 spiro atoms. The van der Waals surface area contributed by atoms with E-state index in [1.54, 1.807) is 20.8 Å². The molecule has 2 heterocycles. The van der Waals surface area contributed by atoms with Gasteiger partial charge >= 0.3 is 12.1 Å². The number of ether oxygens (including phenoxy) is 4. The summed E-state index contributed by atoms with van der Waals surface area (Å²) in [6.07, 6.45) is -1.17. The minimum absolute atomic E-state index is 0.251. The molecule has 7 heteroatoms. The van der Waals surface area contributed by atoms with Crippen LogP contribution in [0.3, 0.4) is 0 Å². The molecular weight excluding hydrogens is 374 g/mol. The molecule has 0 N–H and O–H groups in total. The summed E-state index contributed by atoms with van der Waals surface area (Å²) >= 11 is 0. The molecule has 0 amide bonds. The normalized spacial score (nSPS) is 19.0. The zero-order valence-electron chi connectivity index (χ0n) is 17.9. The van der Waals surface area contributed by atoms with E-state index >= 15 is 0 Å². The third kappa shape index (κ3) is 4.40. The van der Waals surface area contributed by atoms with Crippen LogP contribution in [0, 0.1) is 0 Å². The van der Waals surface area contributed by atoms with E-state index in [1.807, 2.05) is 45.0 Å². The lowest BCUT2D eigenvalue weighted by Crippen LogP contribution is -2.35. The average Bonchev–Trinajstić information content (AvgIpc) is 2.93. The van der Waals surface area contributed by atoms with Gasteiger partial charge in [-0.3, -0.25) is 4.79 Å². The Labute approximate surface area is 170 Å². The van der Waals surface area contributed by atoms with Crippen molar-refractivity contribution in [3.63, 3.8) is 0 Å². The maximum atomic E-state index is 13.0. The molecule has 0 bridgehead atoms. The van der Waals surface area contributed by atoms with Crippen molar-refractivity contribution in [2.75, 3.05) is 6.61 Å². The van der Waals surface area contributed by atoms with Gasteiger partial charge in [-0.2, -0.15) is 0 Å². The maximum Gasteiger partial charge on any atom is 0.421 e. The van der Waals surface area contributed by atoms with Crippen LogP contribution in [0.25, 0.3) is 10.9 Å². The Morgan fingerprint density at radius 1 is 1.24 bits per heavy atom. The molecule has 7 nitrogen and oxygen atoms in total. The van der Waals surface area contributed by atoms with Gasteiger partial charge in [-0.25, -0.2) is 9.36 Å². The van der Waals surface area contributed by atoms with Crippen LogP contribution in [0.4, 0.5) is 4.79 Å². The van der Waals surface area contributed by atoms with Crippen molar-refractivity contribution < 1.29 is 28.5 Å². The summed E-state index contributed by atoms with van der Waals surface area (Å²) in [4.78, 5) is 25.9. The van der Waals surface area contributed by atoms with Crippen molar-refractivity contribution in [1.82, 2.24) is 4.57 Å². The SMILES string of the molecule is CCO[C@@H]1C[C@H](C(=O)OC(C)C)c2c(n(C(=O)OC(C)(C)C)c3ccccc23)O1. The first-order valence-corrected chi connectivity index (χ1v) is 9.97. The largest absolute Gasteiger partial charge is 0.462 e. The van der Waals surface area contributed by atoms with Crippen LogP contribution in [0.2, 0.25) is 0 Å². The molecule has 1 aromatic heterocycles. The second-order valence-corrected chi connectivity index (χ2v) is 8.33. The second-order valence-electron chi connectivity index (χ2n) is 8.33. The van der Waals surface area contributed by atoms with Gasteiger partial charge < -0.3 is 18.9 Å². The van der Waals surface area contributed by atoms with Crippen LogP contribution in [-0.2, 0) is 19.0 Å². The van der Waals surface area contributed by atoms with E-state index in [0.717, 1.165) is 5.39 Å². The Kier molecular flexibility index (Phi) is 5.89. The molecule has 158 valence electrons. The Morgan fingerprint density at radius 3 is 2.55 bits per heavy atom. The standard InChI is InChI=1S/C22H29NO6/c1-7-26-17-12-15(20(24)27-13(2)3)18-14-10-8-9-11-16(14)23(19(18)28-17)21(25)29-22(4,5)6/h8-11,13,15,17H,7,12H2,1-6H3/t15-,17-/m0/s1. The number of hydrogen-bond donors (Lipinski definition) is 0. The minimum atomic E-state index is -0.681. The first kappa shape index (κ1) is 21.2. The number of esters is 1. The molecular formula is C22H29NO6. The summed E-state index contributed by atoms with van der Waals surface area (Å²) in [5.41, 5.74) is 0.568. The Balaban J connectivity index is 2.18. The smallest absolute Gasteiger partial charge is 0.421 e. The third-order valence-corrected chi connectivity index (χ3v) is 4.45. The summed E-state index contributed by atoms with van der Waals surface area (Å²) < 4.78 is 24.2. The van der Waals surface area contributed by atoms with E-state index in [0.29, 0.717) is 24.1 Å². The highest BCUT2D eigenvalue weighted by Gasteiger charge is 2.41. The first-order valence-electron chi connectivity index (χ1n) is 9.97. The van der Waals surface area contributed by atoms with E-state index in [1.165, 1.54) is 4.57 Å². The van der Waals surface area contributed by atoms with Crippen molar-refractivity contribution in [3.8, 4) is 5.88 Å². The molecule has 2 aromatic rings. The summed E-state index contributed by atoms with van der Waals surface area (Å²) in [7, 11) is 0. The van der Waals surface area contributed by atoms with E-state index in [9.17, 15) is 9.59 Å². The number of carbonyl (C=O) groups is 2. The highest BCUT2D eigenvalue weighted by Crippen LogP contribution is 2.44. The number of carbonyl (C=O) groups excluding carboxylic acids is 2. The van der Waals surface area contributed by atoms with E-state index in [4.69, 9.17) is 18.9 Å². The fraction of sp³-hybridized carbons (Fsp3) is 0.545. The third-order valence-electron chi connectivity index (χ3n) is 4.45. The van der Waals surface area contributed by atoms with Gasteiger partial charge in [0.25, 0.3) is 0 Å². The van der Waals surface area contributed by atoms with Gasteiger partial charge in [-0.05, 0) is 47.6 Å². The molecule has 0 saturated heterocycles. The molecule has 0 unspecified atom stereocenters. The van der Waals surface area contributed by atoms with Crippen LogP contribution < -0.4 is 4.74 Å². The summed E-state index contributed by atoms with van der Waals surface area (Å²) in [6.45, 7) is 11.3. The van der Waals surface area contributed by atoms with Crippen molar-refractivity contribution in [2.45, 2.75) is 71.9 Å². The molecule has 1 aromatic carbocycles. The number of benzene rings is 1. The van der Waals surface area contributed by atoms with Gasteiger partial charge in [0.1, 0.15) is 5.60 Å². The molecule has 1 aliphatic rings. The van der Waals surface area contributed by atoms with Crippen LogP contribution in [-0.4, -0.2) is 41.2 Å². The van der Waals surface area contributed by atoms with Gasteiger partial charge in [0.05, 0.1) is 17.5 Å². The number of fused-ring (bicyclic) bond motifs is 3. The molecule has 0 radical (unpaired) electrons. The van der Waals surface area contributed by atoms with Crippen molar-refractivity contribution in [2.24, 2.45) is 0 Å². The van der Waals surface area contributed by atoms with Gasteiger partial charge in [0, 0.05) is 24.0 Å². The predicted molar refractivity (Wildman–Crippen MR) is 108 cm³/mol. The number of nitrogens with zero attached hydrogens (tertiary/aromatic N) is 1. The Morgan fingerprint density at radius 2 is 1.93 bits per heavy atom. The Bertz CT molecular complexity index is 908. The van der Waals surface area contributed by atoms with Crippen molar-refractivity contribution in [3.05, 3.63) is 29.8 Å². The van der Waals surface area contributed by atoms with Gasteiger partial charge in [-0.1, -0.05) is 18.2 Å². The van der Waals surface area contributed by atoms with E-state index in [2.05, 4.69) is 0 Å². The molecule has 2 atom stereocenters. The highest BCUT2D eigenvalue weighted by molar-refractivity contribution is 5.98. The second kappa shape index (κ2) is 8.06. The number of rotatable bonds is 4. The molecule has 0 saturated carbocycles. The van der Waals surface area contributed by atoms with Crippen LogP contribution >= 0.6 is 0 Å². The topological polar surface area (TPSA) is 76.0 Å². The minimum Gasteiger partial charge on any atom is -0.462 e. The fourth-order valence-electron chi connectivity index (χ4n) is 3.48. The van der Waals surface area contributed by atoms with Crippen molar-refractivity contribution >= 4 is 23.0 Å². The van der Waals surface area contributed by atoms with Gasteiger partial charge in [0.15, 0.2) is 0 Å². The number of aromatic nitrogens is 1. The average molecular weight is 403 g/mol. The lowest BCUT2D eigenvalue weighted by atomic mass is 9.92. The lowest BCUT2D eigenvalue weighted by molar-refractivity contribution is -0.155. The van der Waals surface area contributed by atoms with Crippen molar-refractivity contribution in [1.29, 1.82) is 0 Å². The zero-order valence-corrected chi connectivity index (χ0v) is 17.9. The van der Waals surface area contributed by atoms with E-state index < -0.39 is 23.9 Å². The van der Waals surface area contributed by atoms with Crippen LogP contribution in [0.15, 0.2) is 24.3 Å². The number of hydrogen-bond acceptors (Lipinski definition) is 6. The van der Waals surface area contributed by atoms with Gasteiger partial charge in [0.2, 0.25) is 12.2 Å². The number of para-hydroxylation sites is 1. The molecule has 29 heavy (non-hydrogen) atoms. The fourth-order valence-corrected chi connectivity index (χ4v) is 3.48. The molecule has 1 aliphatic heterocycles. The van der Waals surface area contributed by atoms with Crippen LogP contribution in [0.1, 0.15) is 59.4 Å². The lowest BCUT2D eigenvalue weighted by Gasteiger charge is -2.30. The maximum absolute atomic E-state index is 13.0. The predicted octanol–water partition coefficient (Wildman–Crippen LogP) is 4.60. The summed E-state index contributed by atoms with van der Waals surface area (Å²) in [5.74, 6) is -0.691. The zero-order chi connectivity index (χ0) is 21.3. The van der Waals surface area contributed by atoms with Crippen LogP contribution in [0.5, 0.6) is 5.88 Å². The van der Waals surface area contributed by atoms with Gasteiger partial charge in [-0.15, -0.1) is 0 Å². The Hall–Kier alpha value is -2.54. The molecule has 0 fully saturated rings. The summed E-state index contributed by atoms with van der Waals surface area (Å²) in [6, 6.07) is 7.37. The summed E-state index contributed by atoms with van der Waals surface area (Å²) in [5, 5.41) is 0.758. The monoisotopic (exact) mass is 403 g/mol. The quantitative estimate of drug-likeness (QED) is 0.694. The molecule has 3 rings (SSSR count).